The molecule has 1 heterocycles. The lowest BCUT2D eigenvalue weighted by Crippen LogP contribution is -2.63. The van der Waals surface area contributed by atoms with Gasteiger partial charge in [-0.05, 0) is 29.8 Å². The van der Waals surface area contributed by atoms with Crippen molar-refractivity contribution < 1.29 is 62.6 Å². The van der Waals surface area contributed by atoms with Crippen molar-refractivity contribution in [2.45, 2.75) is 64.8 Å². The van der Waals surface area contributed by atoms with E-state index in [2.05, 4.69) is 0 Å². The van der Waals surface area contributed by atoms with Crippen molar-refractivity contribution in [1.29, 1.82) is 0 Å². The van der Waals surface area contributed by atoms with Crippen molar-refractivity contribution in [1.82, 2.24) is 0 Å². The highest BCUT2D eigenvalue weighted by molar-refractivity contribution is 6.00. The maximum absolute atomic E-state index is 12.8. The lowest BCUT2D eigenvalue weighted by molar-refractivity contribution is -0.288. The van der Waals surface area contributed by atoms with Gasteiger partial charge in [0.2, 0.25) is 12.4 Å². The van der Waals surface area contributed by atoms with E-state index in [0.717, 1.165) is 33.8 Å². The van der Waals surface area contributed by atoms with Gasteiger partial charge in [-0.1, -0.05) is 12.1 Å². The van der Waals surface area contributed by atoms with E-state index in [9.17, 15) is 34.2 Å². The predicted octanol–water partition coefficient (Wildman–Crippen LogP) is 1.99. The largest absolute Gasteiger partial charge is 0.508 e. The molecule has 0 bridgehead atoms. The molecular weight excluding hydrogens is 544 g/mol. The minimum absolute atomic E-state index is 0.00744. The van der Waals surface area contributed by atoms with Crippen LogP contribution in [0.3, 0.4) is 0 Å². The second kappa shape index (κ2) is 13.6. The van der Waals surface area contributed by atoms with Crippen LogP contribution in [0.25, 0.3) is 0 Å². The fourth-order valence-electron chi connectivity index (χ4n) is 4.13. The number of phenolic OH excluding ortho intramolecular Hbond substituents is 2. The Kier molecular flexibility index (Phi) is 10.3. The number of hydrogen-bond donors (Lipinski definition) is 2. The zero-order valence-corrected chi connectivity index (χ0v) is 22.7. The third-order valence-electron chi connectivity index (χ3n) is 5.77. The highest BCUT2D eigenvalue weighted by atomic mass is 16.7. The molecule has 0 saturated carbocycles. The van der Waals surface area contributed by atoms with Crippen LogP contribution < -0.4 is 4.74 Å². The zero-order chi connectivity index (χ0) is 30.3. The van der Waals surface area contributed by atoms with Gasteiger partial charge in [-0.15, -0.1) is 0 Å². The van der Waals surface area contributed by atoms with Crippen LogP contribution in [0.1, 0.15) is 43.6 Å². The quantitative estimate of drug-likeness (QED) is 0.239. The fraction of sp³-hybridized carbons (Fsp3) is 0.393. The number of carbonyl (C=O) groups is 5. The predicted molar refractivity (Wildman–Crippen MR) is 137 cm³/mol. The average molecular weight is 575 g/mol. The van der Waals surface area contributed by atoms with Gasteiger partial charge >= 0.3 is 23.9 Å². The highest BCUT2D eigenvalue weighted by Gasteiger charge is 2.53. The van der Waals surface area contributed by atoms with Gasteiger partial charge in [0.05, 0.1) is 5.56 Å². The van der Waals surface area contributed by atoms with Crippen LogP contribution in [0.2, 0.25) is 0 Å². The number of esters is 4. The van der Waals surface area contributed by atoms with Crippen LogP contribution >= 0.6 is 0 Å². The number of carbonyl (C=O) groups excluding carboxylic acids is 5. The van der Waals surface area contributed by atoms with Crippen LogP contribution in [0.5, 0.6) is 17.2 Å². The summed E-state index contributed by atoms with van der Waals surface area (Å²) in [5.74, 6) is -3.85. The summed E-state index contributed by atoms with van der Waals surface area (Å²) in [5, 5.41) is 20.0. The maximum atomic E-state index is 12.8. The van der Waals surface area contributed by atoms with Gasteiger partial charge < -0.3 is 38.6 Å². The summed E-state index contributed by atoms with van der Waals surface area (Å²) in [6.07, 6.45) is -7.02. The number of rotatable bonds is 10. The summed E-state index contributed by atoms with van der Waals surface area (Å²) in [4.78, 5) is 60.0. The molecule has 0 radical (unpaired) electrons. The first kappa shape index (κ1) is 30.9. The van der Waals surface area contributed by atoms with E-state index in [4.69, 9.17) is 28.4 Å². The molecule has 2 aromatic carbocycles. The molecule has 0 aliphatic carbocycles. The van der Waals surface area contributed by atoms with Crippen LogP contribution in [-0.4, -0.2) is 77.2 Å². The van der Waals surface area contributed by atoms with Gasteiger partial charge in [-0.25, -0.2) is 0 Å². The van der Waals surface area contributed by atoms with Gasteiger partial charge in [0.15, 0.2) is 18.0 Å². The fourth-order valence-corrected chi connectivity index (χ4v) is 4.13. The second-order valence-corrected chi connectivity index (χ2v) is 9.13. The number of hydrogen-bond acceptors (Lipinski definition) is 13. The second-order valence-electron chi connectivity index (χ2n) is 9.13. The molecule has 41 heavy (non-hydrogen) atoms. The zero-order valence-electron chi connectivity index (χ0n) is 22.7. The topological polar surface area (TPSA) is 181 Å². The summed E-state index contributed by atoms with van der Waals surface area (Å²) in [6.45, 7) is 4.00. The number of phenols is 2. The van der Waals surface area contributed by atoms with Gasteiger partial charge in [-0.2, -0.15) is 0 Å². The molecule has 1 aliphatic rings. The monoisotopic (exact) mass is 574 g/mol. The van der Waals surface area contributed by atoms with E-state index < -0.39 is 72.7 Å². The lowest BCUT2D eigenvalue weighted by atomic mass is 9.98. The summed E-state index contributed by atoms with van der Waals surface area (Å²) in [5.41, 5.74) is 0.608. The first-order valence-corrected chi connectivity index (χ1v) is 12.4. The molecule has 220 valence electrons. The lowest BCUT2D eigenvalue weighted by Gasteiger charge is -2.43. The van der Waals surface area contributed by atoms with Crippen LogP contribution in [-0.2, 0) is 49.3 Å². The third kappa shape index (κ3) is 8.67. The molecule has 0 spiro atoms. The van der Waals surface area contributed by atoms with E-state index in [0.29, 0.717) is 5.56 Å². The molecule has 2 aromatic rings. The summed E-state index contributed by atoms with van der Waals surface area (Å²) < 4.78 is 32.8. The smallest absolute Gasteiger partial charge is 0.303 e. The normalized spacial score (nSPS) is 21.7. The molecule has 0 aromatic heterocycles. The Morgan fingerprint density at radius 2 is 1.34 bits per heavy atom. The van der Waals surface area contributed by atoms with Crippen molar-refractivity contribution in [3.63, 3.8) is 0 Å². The van der Waals surface area contributed by atoms with E-state index >= 15 is 0 Å². The van der Waals surface area contributed by atoms with Gasteiger partial charge in [0.1, 0.15) is 30.0 Å². The number of ether oxygens (including phenoxy) is 6. The molecule has 3 rings (SSSR count). The molecule has 13 heteroatoms. The van der Waals surface area contributed by atoms with Crippen molar-refractivity contribution in [3.8, 4) is 17.2 Å². The van der Waals surface area contributed by atoms with Gasteiger partial charge in [0.25, 0.3) is 0 Å². The molecule has 1 fully saturated rings. The Hall–Kier alpha value is -4.65. The SMILES string of the molecule is CC(=O)OC[C@H]1O[C@H](Oc2ccc(C(=O)Cc3ccc(O)cc3)c(O)c2)[C@@H](OC(C)=O)[C@@H](OC(C)=O)[C@@H]1OC(C)=O. The standard InChI is InChI=1S/C28H30O13/c1-14(29)36-13-24-25(37-15(2)30)26(38-16(3)31)27(39-17(4)32)28(41-24)40-20-9-10-21(23(35)12-20)22(34)11-18-5-7-19(33)8-6-18/h5-10,12,24-28,33,35H,11,13H2,1-4H3/t24-,25-,26+,27+,28+/m1/s1. The number of aromatic hydroxyl groups is 2. The molecule has 5 atom stereocenters. The van der Waals surface area contributed by atoms with Gasteiger partial charge in [-0.3, -0.25) is 24.0 Å². The van der Waals surface area contributed by atoms with E-state index in [1.807, 2.05) is 0 Å². The summed E-state index contributed by atoms with van der Waals surface area (Å²) >= 11 is 0. The Labute approximate surface area is 234 Å². The minimum Gasteiger partial charge on any atom is -0.508 e. The Morgan fingerprint density at radius 3 is 1.90 bits per heavy atom. The van der Waals surface area contributed by atoms with Crippen molar-refractivity contribution >= 4 is 29.7 Å². The first-order chi connectivity index (χ1) is 19.3. The Balaban J connectivity index is 1.90. The number of Topliss-reactive ketones (excluding diaryl/α,β-unsaturated/α-hetero) is 1. The van der Waals surface area contributed by atoms with E-state index in [1.54, 1.807) is 12.1 Å². The van der Waals surface area contributed by atoms with Crippen LogP contribution in [0, 0.1) is 0 Å². The van der Waals surface area contributed by atoms with Crippen molar-refractivity contribution in [2.75, 3.05) is 6.61 Å². The van der Waals surface area contributed by atoms with Crippen molar-refractivity contribution in [3.05, 3.63) is 53.6 Å². The molecule has 13 nitrogen and oxygen atoms in total. The Morgan fingerprint density at radius 1 is 0.756 bits per heavy atom. The minimum atomic E-state index is -1.51. The molecular formula is C28H30O13. The van der Waals surface area contributed by atoms with E-state index in [1.165, 1.54) is 24.3 Å². The molecule has 1 saturated heterocycles. The Bertz CT molecular complexity index is 1290. The van der Waals surface area contributed by atoms with Gasteiger partial charge in [0, 0.05) is 40.2 Å². The number of ketones is 1. The highest BCUT2D eigenvalue weighted by Crippen LogP contribution is 2.33. The van der Waals surface area contributed by atoms with Crippen LogP contribution in [0.4, 0.5) is 0 Å². The summed E-state index contributed by atoms with van der Waals surface area (Å²) in [6, 6.07) is 9.84. The molecule has 1 aliphatic heterocycles. The average Bonchev–Trinajstić information content (AvgIpc) is 2.87. The van der Waals surface area contributed by atoms with Crippen molar-refractivity contribution in [2.24, 2.45) is 0 Å². The molecule has 0 amide bonds. The summed E-state index contributed by atoms with van der Waals surface area (Å²) in [7, 11) is 0. The molecule has 0 unspecified atom stereocenters. The maximum Gasteiger partial charge on any atom is 0.303 e. The first-order valence-electron chi connectivity index (χ1n) is 12.4. The van der Waals surface area contributed by atoms with E-state index in [-0.39, 0.29) is 23.5 Å². The number of benzene rings is 2. The third-order valence-corrected chi connectivity index (χ3v) is 5.77. The van der Waals surface area contributed by atoms with Crippen LogP contribution in [0.15, 0.2) is 42.5 Å². The molecule has 2 N–H and O–H groups in total.